The van der Waals surface area contributed by atoms with Crippen molar-refractivity contribution in [2.24, 2.45) is 0 Å². The molecule has 0 unspecified atom stereocenters. The number of benzene rings is 1. The van der Waals surface area contributed by atoms with E-state index in [0.29, 0.717) is 52.5 Å². The third-order valence-corrected chi connectivity index (χ3v) is 9.23. The molecule has 0 spiro atoms. The van der Waals surface area contributed by atoms with E-state index < -0.39 is 15.9 Å². The minimum absolute atomic E-state index is 0.0140. The molecule has 1 amide bonds. The summed E-state index contributed by atoms with van der Waals surface area (Å²) in [6, 6.07) is 9.30. The maximum atomic E-state index is 13.5. The van der Waals surface area contributed by atoms with Gasteiger partial charge in [-0.3, -0.25) is 4.79 Å². The van der Waals surface area contributed by atoms with Gasteiger partial charge < -0.3 is 24.3 Å². The van der Waals surface area contributed by atoms with Crippen LogP contribution in [-0.4, -0.2) is 82.3 Å². The molecule has 3 heterocycles. The van der Waals surface area contributed by atoms with Crippen LogP contribution >= 0.6 is 0 Å². The predicted molar refractivity (Wildman–Crippen MR) is 154 cm³/mol. The molecule has 0 bridgehead atoms. The van der Waals surface area contributed by atoms with E-state index in [1.807, 2.05) is 43.5 Å². The van der Waals surface area contributed by atoms with E-state index in [2.05, 4.69) is 10.2 Å². The minimum atomic E-state index is -3.70. The number of rotatable bonds is 11. The summed E-state index contributed by atoms with van der Waals surface area (Å²) in [5.74, 6) is -0.430. The lowest BCUT2D eigenvalue weighted by molar-refractivity contribution is -0.117. The highest BCUT2D eigenvalue weighted by Gasteiger charge is 2.29. The maximum absolute atomic E-state index is 13.5. The summed E-state index contributed by atoms with van der Waals surface area (Å²) in [5, 5.41) is 12.5. The standard InChI is InChI=1S/C29H39N5O5S/c1-4-38-15-7-10-31-29(35)25(21-30)19-24-18-22(2)34(23(24)3)28-20-26(8-9-27(28)32-11-5-6-12-32)40(36,37)33-13-16-39-17-14-33/h8-9,18-20H,4-7,10-17H2,1-3H3,(H,31,35). The summed E-state index contributed by atoms with van der Waals surface area (Å²) in [7, 11) is -3.70. The molecule has 0 saturated carbocycles. The highest BCUT2D eigenvalue weighted by atomic mass is 32.2. The Hall–Kier alpha value is -3.17. The zero-order chi connectivity index (χ0) is 28.7. The fourth-order valence-electron chi connectivity index (χ4n) is 5.23. The molecule has 1 aromatic carbocycles. The average Bonchev–Trinajstić information content (AvgIpc) is 3.59. The van der Waals surface area contributed by atoms with Crippen molar-refractivity contribution >= 4 is 27.7 Å². The van der Waals surface area contributed by atoms with Crippen LogP contribution in [0, 0.1) is 25.2 Å². The fraction of sp³-hybridized carbons (Fsp3) is 0.517. The summed E-state index contributed by atoms with van der Waals surface area (Å²) >= 11 is 0. The van der Waals surface area contributed by atoms with Gasteiger partial charge in [-0.25, -0.2) is 8.42 Å². The van der Waals surface area contributed by atoms with Crippen LogP contribution in [0.3, 0.4) is 0 Å². The first-order valence-electron chi connectivity index (χ1n) is 13.9. The first kappa shape index (κ1) is 29.8. The van der Waals surface area contributed by atoms with Gasteiger partial charge in [-0.1, -0.05) is 0 Å². The third-order valence-electron chi connectivity index (χ3n) is 7.33. The van der Waals surface area contributed by atoms with Crippen molar-refractivity contribution in [1.82, 2.24) is 14.2 Å². The second kappa shape index (κ2) is 13.5. The number of nitrogens with one attached hydrogen (secondary N) is 1. The minimum Gasteiger partial charge on any atom is -0.382 e. The predicted octanol–water partition coefficient (Wildman–Crippen LogP) is 3.17. The van der Waals surface area contributed by atoms with Gasteiger partial charge in [-0.05, 0) is 75.9 Å². The van der Waals surface area contributed by atoms with Gasteiger partial charge in [-0.2, -0.15) is 9.57 Å². The normalized spacial score (nSPS) is 16.8. The molecule has 40 heavy (non-hydrogen) atoms. The van der Waals surface area contributed by atoms with E-state index >= 15 is 0 Å². The number of carbonyl (C=O) groups excluding carboxylic acids is 1. The largest absolute Gasteiger partial charge is 0.382 e. The number of hydrogen-bond donors (Lipinski definition) is 1. The van der Waals surface area contributed by atoms with Gasteiger partial charge >= 0.3 is 0 Å². The van der Waals surface area contributed by atoms with Crippen LogP contribution in [0.1, 0.15) is 43.1 Å². The molecule has 0 aliphatic carbocycles. The fourth-order valence-corrected chi connectivity index (χ4v) is 6.66. The molecule has 2 aromatic rings. The second-order valence-electron chi connectivity index (χ2n) is 10.00. The Morgan fingerprint density at radius 1 is 1.12 bits per heavy atom. The van der Waals surface area contributed by atoms with Gasteiger partial charge in [0.25, 0.3) is 5.91 Å². The number of ether oxygens (including phenoxy) is 2. The van der Waals surface area contributed by atoms with Crippen LogP contribution in [0.4, 0.5) is 5.69 Å². The Bertz CT molecular complexity index is 1380. The van der Waals surface area contributed by atoms with Crippen LogP contribution < -0.4 is 10.2 Å². The average molecular weight is 570 g/mol. The van der Waals surface area contributed by atoms with Gasteiger partial charge in [0.1, 0.15) is 11.6 Å². The highest BCUT2D eigenvalue weighted by Crippen LogP contribution is 2.34. The Morgan fingerprint density at radius 2 is 1.85 bits per heavy atom. The van der Waals surface area contributed by atoms with Crippen molar-refractivity contribution in [3.63, 3.8) is 0 Å². The summed E-state index contributed by atoms with van der Waals surface area (Å²) in [4.78, 5) is 15.2. The van der Waals surface area contributed by atoms with Gasteiger partial charge in [-0.15, -0.1) is 0 Å². The molecule has 216 valence electrons. The van der Waals surface area contributed by atoms with E-state index in [4.69, 9.17) is 9.47 Å². The van der Waals surface area contributed by atoms with E-state index in [-0.39, 0.29) is 10.5 Å². The van der Waals surface area contributed by atoms with E-state index in [0.717, 1.165) is 54.3 Å². The number of amides is 1. The van der Waals surface area contributed by atoms with Gasteiger partial charge in [0.15, 0.2) is 0 Å². The topological polar surface area (TPSA) is 117 Å². The lowest BCUT2D eigenvalue weighted by atomic mass is 10.1. The molecule has 2 fully saturated rings. The van der Waals surface area contributed by atoms with Crippen LogP contribution in [0.2, 0.25) is 0 Å². The Balaban J connectivity index is 1.70. The van der Waals surface area contributed by atoms with Crippen LogP contribution in [-0.2, 0) is 24.3 Å². The molecular formula is C29H39N5O5S. The molecule has 1 N–H and O–H groups in total. The number of carbonyl (C=O) groups is 1. The lowest BCUT2D eigenvalue weighted by Crippen LogP contribution is -2.40. The first-order valence-corrected chi connectivity index (χ1v) is 15.4. The van der Waals surface area contributed by atoms with Gasteiger partial charge in [0, 0.05) is 57.3 Å². The summed E-state index contributed by atoms with van der Waals surface area (Å²) < 4.78 is 41.2. The molecule has 10 nitrogen and oxygen atoms in total. The van der Waals surface area contributed by atoms with E-state index in [1.54, 1.807) is 18.2 Å². The van der Waals surface area contributed by atoms with Crippen molar-refractivity contribution < 1.29 is 22.7 Å². The molecule has 2 aliphatic rings. The van der Waals surface area contributed by atoms with E-state index in [1.165, 1.54) is 4.31 Å². The van der Waals surface area contributed by atoms with Gasteiger partial charge in [0.05, 0.1) is 29.5 Å². The number of anilines is 1. The Kier molecular flexibility index (Phi) is 10.0. The third kappa shape index (κ3) is 6.58. The molecule has 2 aliphatic heterocycles. The number of morpholine rings is 1. The van der Waals surface area contributed by atoms with Crippen molar-refractivity contribution in [2.45, 2.75) is 44.9 Å². The Labute approximate surface area is 237 Å². The molecule has 1 aromatic heterocycles. The Morgan fingerprint density at radius 3 is 2.52 bits per heavy atom. The monoisotopic (exact) mass is 569 g/mol. The van der Waals surface area contributed by atoms with Crippen LogP contribution in [0.15, 0.2) is 34.7 Å². The first-order chi connectivity index (χ1) is 19.3. The molecule has 4 rings (SSSR count). The van der Waals surface area contributed by atoms with Crippen molar-refractivity contribution in [3.05, 3.63) is 46.8 Å². The quantitative estimate of drug-likeness (QED) is 0.251. The molecule has 0 atom stereocenters. The molecule has 2 saturated heterocycles. The second-order valence-corrected chi connectivity index (χ2v) is 11.9. The SMILES string of the molecule is CCOCCCNC(=O)C(C#N)=Cc1cc(C)n(-c2cc(S(=O)(=O)N3CCOCC3)ccc2N2CCCC2)c1C. The summed E-state index contributed by atoms with van der Waals surface area (Å²) in [6.07, 6.45) is 4.42. The maximum Gasteiger partial charge on any atom is 0.261 e. The number of nitrogens with zero attached hydrogens (tertiary/aromatic N) is 4. The number of hydrogen-bond acceptors (Lipinski definition) is 7. The molecule has 0 radical (unpaired) electrons. The summed E-state index contributed by atoms with van der Waals surface area (Å²) in [5.41, 5.74) is 4.16. The number of aryl methyl sites for hydroxylation is 1. The summed E-state index contributed by atoms with van der Waals surface area (Å²) in [6.45, 7) is 10.6. The van der Waals surface area contributed by atoms with Crippen LogP contribution in [0.5, 0.6) is 0 Å². The van der Waals surface area contributed by atoms with E-state index in [9.17, 15) is 18.5 Å². The van der Waals surface area contributed by atoms with Crippen molar-refractivity contribution in [3.8, 4) is 11.8 Å². The number of nitriles is 1. The van der Waals surface area contributed by atoms with Crippen molar-refractivity contribution in [2.75, 3.05) is 64.1 Å². The zero-order valence-electron chi connectivity index (χ0n) is 23.6. The molecule has 11 heteroatoms. The smallest absolute Gasteiger partial charge is 0.261 e. The van der Waals surface area contributed by atoms with Gasteiger partial charge in [0.2, 0.25) is 10.0 Å². The lowest BCUT2D eigenvalue weighted by Gasteiger charge is -2.28. The number of aromatic nitrogens is 1. The number of sulfonamides is 1. The zero-order valence-corrected chi connectivity index (χ0v) is 24.4. The highest BCUT2D eigenvalue weighted by molar-refractivity contribution is 7.89. The van der Waals surface area contributed by atoms with Crippen LogP contribution in [0.25, 0.3) is 11.8 Å². The van der Waals surface area contributed by atoms with Crippen molar-refractivity contribution in [1.29, 1.82) is 5.26 Å². The molecular weight excluding hydrogens is 530 g/mol.